The van der Waals surface area contributed by atoms with Gasteiger partial charge in [0.25, 0.3) is 0 Å². The van der Waals surface area contributed by atoms with Gasteiger partial charge in [-0.3, -0.25) is 4.90 Å². The second kappa shape index (κ2) is 8.67. The quantitative estimate of drug-likeness (QED) is 0.518. The Morgan fingerprint density at radius 2 is 2.12 bits per heavy atom. The summed E-state index contributed by atoms with van der Waals surface area (Å²) in [5, 5.41) is 3.46. The second-order valence-corrected chi connectivity index (χ2v) is 5.02. The maximum Gasteiger partial charge on any atom is 0.0587 e. The highest BCUT2D eigenvalue weighted by Crippen LogP contribution is 2.17. The first kappa shape index (κ1) is 14.7. The van der Waals surface area contributed by atoms with Gasteiger partial charge >= 0.3 is 0 Å². The molecule has 0 aliphatic carbocycles. The van der Waals surface area contributed by atoms with Crippen molar-refractivity contribution >= 4 is 0 Å². The number of nitrogens with zero attached hydrogens (tertiary/aromatic N) is 1. The number of methoxy groups -OCH3 is 1. The molecule has 3 heteroatoms. The highest BCUT2D eigenvalue weighted by molar-refractivity contribution is 4.96. The van der Waals surface area contributed by atoms with Crippen molar-refractivity contribution in [2.75, 3.05) is 46.4 Å². The molecule has 0 bridgehead atoms. The Morgan fingerprint density at radius 1 is 1.41 bits per heavy atom. The molecule has 0 unspecified atom stereocenters. The first-order valence-electron chi connectivity index (χ1n) is 6.85. The maximum atomic E-state index is 5.02. The monoisotopic (exact) mass is 240 g/mol. The number of hydrogen-bond acceptors (Lipinski definition) is 3. The average Bonchev–Trinajstić information content (AvgIpc) is 2.36. The Balaban J connectivity index is 2.07. The molecule has 0 saturated carbocycles. The predicted octanol–water partition coefficient (Wildman–Crippen LogP) is 1.90. The summed E-state index contributed by atoms with van der Waals surface area (Å²) in [4.78, 5) is 2.54. The Labute approximate surface area is 106 Å². The zero-order chi connectivity index (χ0) is 12.5. The number of piperidine rings is 1. The summed E-state index contributed by atoms with van der Waals surface area (Å²) in [5.74, 6) is 0.845. The van der Waals surface area contributed by atoms with Gasteiger partial charge in [0.05, 0.1) is 6.61 Å². The minimum absolute atomic E-state index is 0.815. The first-order chi connectivity index (χ1) is 8.26. The molecule has 100 valence electrons. The number of hydrogen-bond donors (Lipinski definition) is 1. The predicted molar refractivity (Wildman–Crippen MR) is 73.3 cm³/mol. The highest BCUT2D eigenvalue weighted by Gasteiger charge is 2.18. The zero-order valence-electron chi connectivity index (χ0n) is 11.5. The fourth-order valence-corrected chi connectivity index (χ4v) is 2.26. The third kappa shape index (κ3) is 6.20. The Morgan fingerprint density at radius 3 is 2.71 bits per heavy atom. The Hall–Kier alpha value is -0.380. The second-order valence-electron chi connectivity index (χ2n) is 5.02. The molecule has 1 rings (SSSR count). The van der Waals surface area contributed by atoms with Crippen LogP contribution in [0.25, 0.3) is 0 Å². The summed E-state index contributed by atoms with van der Waals surface area (Å²) in [6.07, 6.45) is 3.74. The van der Waals surface area contributed by atoms with Crippen LogP contribution in [0, 0.1) is 5.92 Å². The van der Waals surface area contributed by atoms with Gasteiger partial charge < -0.3 is 10.1 Å². The van der Waals surface area contributed by atoms with E-state index in [9.17, 15) is 0 Å². The summed E-state index contributed by atoms with van der Waals surface area (Å²) in [6, 6.07) is 0. The van der Waals surface area contributed by atoms with Gasteiger partial charge in [-0.2, -0.15) is 0 Å². The first-order valence-corrected chi connectivity index (χ1v) is 6.85. The van der Waals surface area contributed by atoms with Crippen LogP contribution in [-0.4, -0.2) is 51.3 Å². The van der Waals surface area contributed by atoms with Gasteiger partial charge in [-0.05, 0) is 44.8 Å². The molecule has 1 aliphatic rings. The molecule has 0 spiro atoms. The van der Waals surface area contributed by atoms with Crippen LogP contribution in [0.15, 0.2) is 12.2 Å². The largest absolute Gasteiger partial charge is 0.383 e. The molecular weight excluding hydrogens is 212 g/mol. The van der Waals surface area contributed by atoms with Crippen molar-refractivity contribution in [3.05, 3.63) is 12.2 Å². The number of rotatable bonds is 8. The number of nitrogens with one attached hydrogen (secondary N) is 1. The molecule has 0 radical (unpaired) electrons. The minimum Gasteiger partial charge on any atom is -0.383 e. The molecule has 0 aromatic heterocycles. The van der Waals surface area contributed by atoms with Gasteiger partial charge in [-0.15, -0.1) is 0 Å². The molecule has 1 N–H and O–H groups in total. The van der Waals surface area contributed by atoms with Crippen molar-refractivity contribution in [1.82, 2.24) is 10.2 Å². The van der Waals surface area contributed by atoms with E-state index < -0.39 is 0 Å². The maximum absolute atomic E-state index is 5.02. The van der Waals surface area contributed by atoms with Crippen LogP contribution in [0.3, 0.4) is 0 Å². The molecule has 1 aliphatic heterocycles. The summed E-state index contributed by atoms with van der Waals surface area (Å²) in [5.41, 5.74) is 1.36. The lowest BCUT2D eigenvalue weighted by molar-refractivity contribution is 0.180. The van der Waals surface area contributed by atoms with E-state index >= 15 is 0 Å². The van der Waals surface area contributed by atoms with E-state index in [0.717, 1.165) is 38.6 Å². The standard InChI is InChI=1S/C14H28N2O/c1-4-13(2)12-16-8-5-14(6-9-16)11-15-7-10-17-3/h14-15H,2,4-12H2,1,3H3. The van der Waals surface area contributed by atoms with Gasteiger partial charge in [0.2, 0.25) is 0 Å². The molecule has 1 fully saturated rings. The van der Waals surface area contributed by atoms with Gasteiger partial charge in [0.1, 0.15) is 0 Å². The van der Waals surface area contributed by atoms with Crippen LogP contribution in [0.5, 0.6) is 0 Å². The minimum atomic E-state index is 0.815. The van der Waals surface area contributed by atoms with E-state index in [1.54, 1.807) is 7.11 Å². The third-order valence-electron chi connectivity index (χ3n) is 3.57. The van der Waals surface area contributed by atoms with E-state index in [2.05, 4.69) is 23.7 Å². The van der Waals surface area contributed by atoms with E-state index in [1.165, 1.54) is 31.5 Å². The van der Waals surface area contributed by atoms with E-state index in [0.29, 0.717) is 0 Å². The highest BCUT2D eigenvalue weighted by atomic mass is 16.5. The fraction of sp³-hybridized carbons (Fsp3) is 0.857. The summed E-state index contributed by atoms with van der Waals surface area (Å²) in [7, 11) is 1.75. The van der Waals surface area contributed by atoms with Crippen molar-refractivity contribution in [2.24, 2.45) is 5.92 Å². The van der Waals surface area contributed by atoms with Gasteiger partial charge in [0, 0.05) is 20.2 Å². The summed E-state index contributed by atoms with van der Waals surface area (Å²) >= 11 is 0. The smallest absolute Gasteiger partial charge is 0.0587 e. The van der Waals surface area contributed by atoms with Crippen molar-refractivity contribution < 1.29 is 4.74 Å². The van der Waals surface area contributed by atoms with E-state index in [4.69, 9.17) is 4.74 Å². The topological polar surface area (TPSA) is 24.5 Å². The third-order valence-corrected chi connectivity index (χ3v) is 3.57. The van der Waals surface area contributed by atoms with Gasteiger partial charge in [0.15, 0.2) is 0 Å². The van der Waals surface area contributed by atoms with E-state index in [-0.39, 0.29) is 0 Å². The molecule has 17 heavy (non-hydrogen) atoms. The van der Waals surface area contributed by atoms with Crippen LogP contribution in [0.1, 0.15) is 26.2 Å². The lowest BCUT2D eigenvalue weighted by atomic mass is 9.96. The fourth-order valence-electron chi connectivity index (χ4n) is 2.26. The van der Waals surface area contributed by atoms with Crippen LogP contribution in [-0.2, 0) is 4.74 Å². The normalized spacial score (nSPS) is 18.5. The van der Waals surface area contributed by atoms with Gasteiger partial charge in [-0.1, -0.05) is 19.1 Å². The molecule has 0 aromatic carbocycles. The lowest BCUT2D eigenvalue weighted by Gasteiger charge is -2.32. The summed E-state index contributed by atoms with van der Waals surface area (Å²) in [6.45, 7) is 12.8. The van der Waals surface area contributed by atoms with Crippen molar-refractivity contribution in [3.8, 4) is 0 Å². The SMILES string of the molecule is C=C(CC)CN1CCC(CNCCOC)CC1. The Kier molecular flexibility index (Phi) is 7.49. The summed E-state index contributed by atoms with van der Waals surface area (Å²) < 4.78 is 5.02. The van der Waals surface area contributed by atoms with Crippen LogP contribution >= 0.6 is 0 Å². The molecule has 3 nitrogen and oxygen atoms in total. The zero-order valence-corrected chi connectivity index (χ0v) is 11.5. The molecular formula is C14H28N2O. The van der Waals surface area contributed by atoms with E-state index in [1.807, 2.05) is 0 Å². The number of likely N-dealkylation sites (tertiary alicyclic amines) is 1. The molecule has 0 atom stereocenters. The Bertz CT molecular complexity index is 210. The van der Waals surface area contributed by atoms with Crippen LogP contribution in [0.4, 0.5) is 0 Å². The van der Waals surface area contributed by atoms with Crippen molar-refractivity contribution in [2.45, 2.75) is 26.2 Å². The van der Waals surface area contributed by atoms with Gasteiger partial charge in [-0.25, -0.2) is 0 Å². The molecule has 1 saturated heterocycles. The van der Waals surface area contributed by atoms with Crippen LogP contribution in [0.2, 0.25) is 0 Å². The van der Waals surface area contributed by atoms with Crippen molar-refractivity contribution in [3.63, 3.8) is 0 Å². The van der Waals surface area contributed by atoms with Crippen LogP contribution < -0.4 is 5.32 Å². The molecule has 0 aromatic rings. The average molecular weight is 240 g/mol. The van der Waals surface area contributed by atoms with Crippen molar-refractivity contribution in [1.29, 1.82) is 0 Å². The molecule has 0 amide bonds. The molecule has 1 heterocycles. The number of ether oxygens (including phenoxy) is 1. The lowest BCUT2D eigenvalue weighted by Crippen LogP contribution is -2.38.